The quantitative estimate of drug-likeness (QED) is 0.847. The van der Waals surface area contributed by atoms with Gasteiger partial charge in [0.1, 0.15) is 11.6 Å². The van der Waals surface area contributed by atoms with Gasteiger partial charge in [-0.3, -0.25) is 9.78 Å². The lowest BCUT2D eigenvalue weighted by molar-refractivity contribution is -0.114. The lowest BCUT2D eigenvalue weighted by Gasteiger charge is -2.41. The Balaban J connectivity index is 2.05. The minimum Gasteiger partial charge on any atom is -0.378 e. The third kappa shape index (κ3) is 3.19. The molecule has 1 aliphatic heterocycles. The molecular weight excluding hydrogens is 314 g/mol. The molecule has 1 aliphatic carbocycles. The van der Waals surface area contributed by atoms with E-state index in [0.717, 1.165) is 48.4 Å². The summed E-state index contributed by atoms with van der Waals surface area (Å²) in [4.78, 5) is 19.2. The van der Waals surface area contributed by atoms with Crippen molar-refractivity contribution >= 4 is 11.5 Å². The molecule has 0 spiro atoms. The number of ether oxygens (including phenoxy) is 1. The average Bonchev–Trinajstić information content (AvgIpc) is 2.61. The van der Waals surface area contributed by atoms with Crippen molar-refractivity contribution in [3.63, 3.8) is 0 Å². The molecule has 0 N–H and O–H groups in total. The molecule has 0 aromatic carbocycles. The molecule has 0 radical (unpaired) electrons. The van der Waals surface area contributed by atoms with E-state index in [1.165, 1.54) is 0 Å². The highest BCUT2D eigenvalue weighted by atomic mass is 16.5. The molecule has 1 saturated heterocycles. The van der Waals surface area contributed by atoms with Crippen molar-refractivity contribution in [2.24, 2.45) is 0 Å². The number of ketones is 1. The molecule has 3 rings (SSSR count). The van der Waals surface area contributed by atoms with Crippen LogP contribution in [0.4, 0.5) is 0 Å². The van der Waals surface area contributed by atoms with Crippen LogP contribution in [-0.2, 0) is 16.0 Å². The van der Waals surface area contributed by atoms with Crippen LogP contribution >= 0.6 is 0 Å². The van der Waals surface area contributed by atoms with Crippen molar-refractivity contribution in [3.8, 4) is 6.07 Å². The van der Waals surface area contributed by atoms with Crippen LogP contribution in [-0.4, -0.2) is 41.5 Å². The molecule has 5 nitrogen and oxygen atoms in total. The largest absolute Gasteiger partial charge is 0.378 e. The van der Waals surface area contributed by atoms with Crippen molar-refractivity contribution in [2.45, 2.75) is 51.6 Å². The summed E-state index contributed by atoms with van der Waals surface area (Å²) in [6, 6.07) is 4.22. The number of nitriles is 1. The Labute approximate surface area is 149 Å². The van der Waals surface area contributed by atoms with Crippen molar-refractivity contribution in [1.82, 2.24) is 9.88 Å². The normalized spacial score (nSPS) is 19.8. The summed E-state index contributed by atoms with van der Waals surface area (Å²) in [5, 5.41) is 9.62. The van der Waals surface area contributed by atoms with Gasteiger partial charge in [0.25, 0.3) is 0 Å². The van der Waals surface area contributed by atoms with Gasteiger partial charge in [0, 0.05) is 44.1 Å². The molecule has 0 saturated carbocycles. The van der Waals surface area contributed by atoms with Crippen LogP contribution in [0.15, 0.2) is 17.8 Å². The van der Waals surface area contributed by atoms with Gasteiger partial charge in [0.2, 0.25) is 0 Å². The number of carbonyl (C=O) groups excluding carboxylic acids is 1. The van der Waals surface area contributed by atoms with Gasteiger partial charge in [-0.1, -0.05) is 13.8 Å². The molecule has 5 heteroatoms. The molecule has 0 unspecified atom stereocenters. The first-order chi connectivity index (χ1) is 11.9. The maximum atomic E-state index is 12.5. The van der Waals surface area contributed by atoms with E-state index >= 15 is 0 Å². The topological polar surface area (TPSA) is 66.2 Å². The number of methoxy groups -OCH3 is 1. The van der Waals surface area contributed by atoms with Gasteiger partial charge in [0.05, 0.1) is 11.3 Å². The zero-order valence-electron chi connectivity index (χ0n) is 15.4. The van der Waals surface area contributed by atoms with Crippen LogP contribution < -0.4 is 0 Å². The van der Waals surface area contributed by atoms with Crippen LogP contribution in [0, 0.1) is 11.3 Å². The summed E-state index contributed by atoms with van der Waals surface area (Å²) < 4.78 is 5.62. The molecule has 1 aromatic rings. The van der Waals surface area contributed by atoms with E-state index in [1.54, 1.807) is 13.3 Å². The molecule has 25 heavy (non-hydrogen) atoms. The summed E-state index contributed by atoms with van der Waals surface area (Å²) in [6.07, 6.45) is 3.81. The Morgan fingerprint density at radius 3 is 2.60 bits per heavy atom. The van der Waals surface area contributed by atoms with Crippen molar-refractivity contribution < 1.29 is 9.53 Å². The smallest absolute Gasteiger partial charge is 0.179 e. The van der Waals surface area contributed by atoms with Crippen LogP contribution in [0.2, 0.25) is 0 Å². The summed E-state index contributed by atoms with van der Waals surface area (Å²) >= 11 is 0. The Morgan fingerprint density at radius 1 is 1.36 bits per heavy atom. The Bertz CT molecular complexity index is 766. The third-order valence-electron chi connectivity index (χ3n) is 5.46. The highest BCUT2D eigenvalue weighted by Crippen LogP contribution is 2.36. The number of hydrogen-bond donors (Lipinski definition) is 0. The van der Waals surface area contributed by atoms with Gasteiger partial charge in [-0.2, -0.15) is 5.26 Å². The SMILES string of the molecule is COC1(C)CCN(C2=C(C#N)C(=O)Cc3cnc(C(C)C)cc32)CC1. The maximum absolute atomic E-state index is 12.5. The molecule has 0 atom stereocenters. The molecule has 132 valence electrons. The van der Waals surface area contributed by atoms with Gasteiger partial charge in [0.15, 0.2) is 5.78 Å². The van der Waals surface area contributed by atoms with Crippen molar-refractivity contribution in [1.29, 1.82) is 5.26 Å². The monoisotopic (exact) mass is 339 g/mol. The highest BCUT2D eigenvalue weighted by Gasteiger charge is 2.35. The number of carbonyl (C=O) groups is 1. The number of rotatable bonds is 3. The standard InChI is InChI=1S/C20H25N3O2/c1-13(2)17-10-15-14(12-22-17)9-18(24)16(11-21)19(15)23-7-5-20(3,25-4)6-8-23/h10,12-13H,5-9H2,1-4H3. The van der Waals surface area contributed by atoms with E-state index in [1.807, 2.05) is 0 Å². The van der Waals surface area contributed by atoms with Crippen molar-refractivity contribution in [3.05, 3.63) is 34.7 Å². The fourth-order valence-electron chi connectivity index (χ4n) is 3.56. The van der Waals surface area contributed by atoms with E-state index in [4.69, 9.17) is 4.74 Å². The highest BCUT2D eigenvalue weighted by molar-refractivity contribution is 6.09. The number of Topliss-reactive ketones (excluding diaryl/α,β-unsaturated/α-hetero) is 1. The lowest BCUT2D eigenvalue weighted by atomic mass is 9.86. The molecule has 1 aromatic heterocycles. The predicted molar refractivity (Wildman–Crippen MR) is 95.8 cm³/mol. The van der Waals surface area contributed by atoms with Crippen LogP contribution in [0.5, 0.6) is 0 Å². The van der Waals surface area contributed by atoms with Crippen molar-refractivity contribution in [2.75, 3.05) is 20.2 Å². The fourth-order valence-corrected chi connectivity index (χ4v) is 3.56. The minimum atomic E-state index is -0.132. The summed E-state index contributed by atoms with van der Waals surface area (Å²) in [5.74, 6) is 0.192. The molecule has 1 fully saturated rings. The van der Waals surface area contributed by atoms with Gasteiger partial charge in [-0.25, -0.2) is 0 Å². The maximum Gasteiger partial charge on any atom is 0.179 e. The summed E-state index contributed by atoms with van der Waals surface area (Å²) in [6.45, 7) is 7.86. The second kappa shape index (κ2) is 6.61. The first-order valence-corrected chi connectivity index (χ1v) is 8.85. The number of piperidine rings is 1. The zero-order chi connectivity index (χ0) is 18.2. The predicted octanol–water partition coefficient (Wildman–Crippen LogP) is 3.07. The fraction of sp³-hybridized carbons (Fsp3) is 0.550. The lowest BCUT2D eigenvalue weighted by Crippen LogP contribution is -2.43. The first kappa shape index (κ1) is 17.6. The van der Waals surface area contributed by atoms with Gasteiger partial charge in [-0.15, -0.1) is 0 Å². The van der Waals surface area contributed by atoms with E-state index in [2.05, 4.69) is 42.8 Å². The second-order valence-corrected chi connectivity index (χ2v) is 7.50. The zero-order valence-corrected chi connectivity index (χ0v) is 15.4. The van der Waals surface area contributed by atoms with E-state index in [0.29, 0.717) is 5.92 Å². The number of nitrogens with zero attached hydrogens (tertiary/aromatic N) is 3. The molecule has 0 bridgehead atoms. The van der Waals surface area contributed by atoms with Crippen LogP contribution in [0.1, 0.15) is 56.4 Å². The number of likely N-dealkylation sites (tertiary alicyclic amines) is 1. The molecule has 2 aliphatic rings. The third-order valence-corrected chi connectivity index (χ3v) is 5.46. The minimum absolute atomic E-state index is 0.107. The van der Waals surface area contributed by atoms with Gasteiger partial charge in [-0.05, 0) is 37.3 Å². The number of fused-ring (bicyclic) bond motifs is 1. The van der Waals surface area contributed by atoms with Gasteiger partial charge < -0.3 is 9.64 Å². The van der Waals surface area contributed by atoms with Crippen LogP contribution in [0.25, 0.3) is 5.70 Å². The Morgan fingerprint density at radius 2 is 2.04 bits per heavy atom. The number of allylic oxidation sites excluding steroid dienone is 1. The van der Waals surface area contributed by atoms with Crippen LogP contribution in [0.3, 0.4) is 0 Å². The number of aromatic nitrogens is 1. The van der Waals surface area contributed by atoms with E-state index < -0.39 is 0 Å². The van der Waals surface area contributed by atoms with E-state index in [-0.39, 0.29) is 23.4 Å². The summed E-state index contributed by atoms with van der Waals surface area (Å²) in [7, 11) is 1.75. The Hall–Kier alpha value is -2.19. The number of hydrogen-bond acceptors (Lipinski definition) is 5. The first-order valence-electron chi connectivity index (χ1n) is 8.85. The average molecular weight is 339 g/mol. The number of pyridine rings is 1. The molecule has 0 amide bonds. The Kier molecular flexibility index (Phi) is 4.66. The van der Waals surface area contributed by atoms with Gasteiger partial charge >= 0.3 is 0 Å². The second-order valence-electron chi connectivity index (χ2n) is 7.50. The molecule has 2 heterocycles. The molecular formula is C20H25N3O2. The van der Waals surface area contributed by atoms with E-state index in [9.17, 15) is 10.1 Å². The summed E-state index contributed by atoms with van der Waals surface area (Å²) in [5.41, 5.74) is 3.85.